The number of ketones is 1. The van der Waals surface area contributed by atoms with Crippen molar-refractivity contribution in [1.82, 2.24) is 0 Å². The minimum atomic E-state index is 0.115. The summed E-state index contributed by atoms with van der Waals surface area (Å²) in [6.45, 7) is 8.70. The summed E-state index contributed by atoms with van der Waals surface area (Å²) >= 11 is 0. The van der Waals surface area contributed by atoms with E-state index in [2.05, 4.69) is 76.2 Å². The molecular formula is C31H42O. The lowest BCUT2D eigenvalue weighted by molar-refractivity contribution is -0.110. The quantitative estimate of drug-likeness (QED) is 0.215. The Morgan fingerprint density at radius 2 is 1.09 bits per heavy atom. The first kappa shape index (κ1) is 25.8. The van der Waals surface area contributed by atoms with Gasteiger partial charge in [0.25, 0.3) is 0 Å². The second-order valence-electron chi connectivity index (χ2n) is 9.10. The van der Waals surface area contributed by atoms with E-state index in [1.807, 2.05) is 12.2 Å². The lowest BCUT2D eigenvalue weighted by Crippen LogP contribution is -1.96. The van der Waals surface area contributed by atoms with Crippen LogP contribution in [0, 0.1) is 13.8 Å². The van der Waals surface area contributed by atoms with Gasteiger partial charge in [0.15, 0.2) is 5.78 Å². The van der Waals surface area contributed by atoms with E-state index < -0.39 is 0 Å². The zero-order valence-electron chi connectivity index (χ0n) is 20.8. The van der Waals surface area contributed by atoms with Crippen LogP contribution in [0.25, 0.3) is 11.1 Å². The number of rotatable bonds is 14. The first-order valence-electron chi connectivity index (χ1n) is 12.6. The van der Waals surface area contributed by atoms with E-state index in [1.165, 1.54) is 71.9 Å². The van der Waals surface area contributed by atoms with Crippen LogP contribution in [0.1, 0.15) is 100 Å². The van der Waals surface area contributed by atoms with Crippen LogP contribution in [-0.4, -0.2) is 5.78 Å². The van der Waals surface area contributed by atoms with Gasteiger partial charge in [-0.25, -0.2) is 0 Å². The minimum Gasteiger partial charge on any atom is -0.290 e. The summed E-state index contributed by atoms with van der Waals surface area (Å²) in [5.74, 6) is 0.115. The Morgan fingerprint density at radius 1 is 0.656 bits per heavy atom. The lowest BCUT2D eigenvalue weighted by atomic mass is 9.94. The Hall–Kier alpha value is -2.41. The van der Waals surface area contributed by atoms with E-state index in [-0.39, 0.29) is 5.78 Å². The van der Waals surface area contributed by atoms with Crippen molar-refractivity contribution >= 4 is 16.9 Å². The normalized spacial score (nSPS) is 12.2. The predicted molar refractivity (Wildman–Crippen MR) is 141 cm³/mol. The highest BCUT2D eigenvalue weighted by molar-refractivity contribution is 6.08. The van der Waals surface area contributed by atoms with Gasteiger partial charge >= 0.3 is 0 Å². The van der Waals surface area contributed by atoms with Crippen molar-refractivity contribution in [2.24, 2.45) is 0 Å². The van der Waals surface area contributed by atoms with Crippen molar-refractivity contribution in [2.45, 2.75) is 91.9 Å². The molecule has 0 atom stereocenters. The van der Waals surface area contributed by atoms with Crippen LogP contribution in [0.2, 0.25) is 0 Å². The summed E-state index contributed by atoms with van der Waals surface area (Å²) in [6.07, 6.45) is 15.4. The third-order valence-electron chi connectivity index (χ3n) is 6.01. The van der Waals surface area contributed by atoms with E-state index in [9.17, 15) is 4.79 Å². The molecule has 0 amide bonds. The van der Waals surface area contributed by atoms with Crippen molar-refractivity contribution in [2.75, 3.05) is 0 Å². The first-order valence-corrected chi connectivity index (χ1v) is 12.6. The van der Waals surface area contributed by atoms with Gasteiger partial charge in [-0.05, 0) is 74.0 Å². The lowest BCUT2D eigenvalue weighted by Gasteiger charge is -2.10. The van der Waals surface area contributed by atoms with Gasteiger partial charge in [0, 0.05) is 0 Å². The second-order valence-corrected chi connectivity index (χ2v) is 9.10. The van der Waals surface area contributed by atoms with Crippen LogP contribution in [0.5, 0.6) is 0 Å². The molecule has 0 aromatic heterocycles. The van der Waals surface area contributed by atoms with Gasteiger partial charge in [-0.3, -0.25) is 4.79 Å². The van der Waals surface area contributed by atoms with E-state index in [1.54, 1.807) is 0 Å². The van der Waals surface area contributed by atoms with Crippen LogP contribution >= 0.6 is 0 Å². The molecule has 172 valence electrons. The van der Waals surface area contributed by atoms with Crippen molar-refractivity contribution < 1.29 is 4.79 Å². The molecule has 0 N–H and O–H groups in total. The number of carbonyl (C=O) groups excluding carboxylic acids is 1. The summed E-state index contributed by atoms with van der Waals surface area (Å²) < 4.78 is 0. The SMILES string of the molecule is CCCCCCC(=CC(=O)C=C(CCCCCC)c1cccc(C)c1)c1cccc(C)c1. The summed E-state index contributed by atoms with van der Waals surface area (Å²) in [6, 6.07) is 17.1. The number of benzene rings is 2. The van der Waals surface area contributed by atoms with Gasteiger partial charge < -0.3 is 0 Å². The van der Waals surface area contributed by atoms with Crippen molar-refractivity contribution in [1.29, 1.82) is 0 Å². The number of hydrogen-bond donors (Lipinski definition) is 0. The van der Waals surface area contributed by atoms with Crippen LogP contribution in [0.4, 0.5) is 0 Å². The maximum absolute atomic E-state index is 13.2. The molecule has 2 aromatic carbocycles. The first-order chi connectivity index (χ1) is 15.5. The summed E-state index contributed by atoms with van der Waals surface area (Å²) in [7, 11) is 0. The van der Waals surface area contributed by atoms with Gasteiger partial charge in [-0.1, -0.05) is 112 Å². The third kappa shape index (κ3) is 9.39. The second kappa shape index (κ2) is 14.6. The standard InChI is InChI=1S/C31H42O/c1-5-7-9-11-17-29(27-19-13-15-25(3)21-27)23-31(32)24-30(18-12-10-8-6-2)28-20-14-16-26(4)22-28/h13-16,19-24H,5-12,17-18H2,1-4H3. The number of allylic oxidation sites excluding steroid dienone is 4. The average Bonchev–Trinajstić information content (AvgIpc) is 2.78. The molecular weight excluding hydrogens is 388 g/mol. The average molecular weight is 431 g/mol. The topological polar surface area (TPSA) is 17.1 Å². The Kier molecular flexibility index (Phi) is 11.8. The smallest absolute Gasteiger partial charge is 0.179 e. The molecule has 0 spiro atoms. The Morgan fingerprint density at radius 3 is 1.47 bits per heavy atom. The molecule has 0 heterocycles. The zero-order valence-corrected chi connectivity index (χ0v) is 20.8. The number of aryl methyl sites for hydroxylation is 2. The molecule has 32 heavy (non-hydrogen) atoms. The molecule has 2 rings (SSSR count). The van der Waals surface area contributed by atoms with Crippen molar-refractivity contribution in [3.05, 3.63) is 82.9 Å². The molecule has 1 nitrogen and oxygen atoms in total. The molecule has 0 bridgehead atoms. The summed E-state index contributed by atoms with van der Waals surface area (Å²) in [4.78, 5) is 13.2. The summed E-state index contributed by atoms with van der Waals surface area (Å²) in [5.41, 5.74) is 7.18. The van der Waals surface area contributed by atoms with Crippen molar-refractivity contribution in [3.8, 4) is 0 Å². The fourth-order valence-electron chi connectivity index (χ4n) is 4.16. The van der Waals surface area contributed by atoms with Gasteiger partial charge in [-0.2, -0.15) is 0 Å². The molecule has 0 aliphatic heterocycles. The Balaban J connectivity index is 2.29. The fourth-order valence-corrected chi connectivity index (χ4v) is 4.16. The Labute approximate surface area is 196 Å². The number of carbonyl (C=O) groups is 1. The van der Waals surface area contributed by atoms with Crippen LogP contribution in [0.15, 0.2) is 60.7 Å². The van der Waals surface area contributed by atoms with Gasteiger partial charge in [0.2, 0.25) is 0 Å². The molecule has 1 heteroatoms. The highest BCUT2D eigenvalue weighted by atomic mass is 16.1. The highest BCUT2D eigenvalue weighted by Gasteiger charge is 2.08. The van der Waals surface area contributed by atoms with Gasteiger partial charge in [0.1, 0.15) is 0 Å². The minimum absolute atomic E-state index is 0.115. The summed E-state index contributed by atoms with van der Waals surface area (Å²) in [5, 5.41) is 0. The van der Waals surface area contributed by atoms with E-state index >= 15 is 0 Å². The molecule has 0 saturated heterocycles. The van der Waals surface area contributed by atoms with Gasteiger partial charge in [0.05, 0.1) is 0 Å². The van der Waals surface area contributed by atoms with E-state index in [0.29, 0.717) is 0 Å². The molecule has 0 aliphatic carbocycles. The molecule has 2 aromatic rings. The molecule has 0 saturated carbocycles. The monoisotopic (exact) mass is 430 g/mol. The van der Waals surface area contributed by atoms with Gasteiger partial charge in [-0.15, -0.1) is 0 Å². The highest BCUT2D eigenvalue weighted by Crippen LogP contribution is 2.25. The van der Waals surface area contributed by atoms with Crippen LogP contribution in [0.3, 0.4) is 0 Å². The molecule has 0 radical (unpaired) electrons. The fraction of sp³-hybridized carbons (Fsp3) is 0.452. The third-order valence-corrected chi connectivity index (χ3v) is 6.01. The molecule has 0 unspecified atom stereocenters. The molecule has 0 aliphatic rings. The van der Waals surface area contributed by atoms with Crippen molar-refractivity contribution in [3.63, 3.8) is 0 Å². The molecule has 0 fully saturated rings. The predicted octanol–water partition coefficient (Wildman–Crippen LogP) is 9.28. The number of hydrogen-bond acceptors (Lipinski definition) is 1. The van der Waals surface area contributed by atoms with Crippen LogP contribution < -0.4 is 0 Å². The van der Waals surface area contributed by atoms with E-state index in [0.717, 1.165) is 25.7 Å². The van der Waals surface area contributed by atoms with E-state index in [4.69, 9.17) is 0 Å². The maximum Gasteiger partial charge on any atom is 0.179 e. The Bertz CT molecular complexity index is 827. The zero-order chi connectivity index (χ0) is 23.2. The largest absolute Gasteiger partial charge is 0.290 e. The maximum atomic E-state index is 13.2. The number of unbranched alkanes of at least 4 members (excludes halogenated alkanes) is 6. The van der Waals surface area contributed by atoms with Crippen LogP contribution in [-0.2, 0) is 4.79 Å².